The molecule has 0 fully saturated rings. The first-order valence-corrected chi connectivity index (χ1v) is 12.5. The van der Waals surface area contributed by atoms with Gasteiger partial charge in [-0.25, -0.2) is 19.9 Å². The van der Waals surface area contributed by atoms with E-state index in [0.29, 0.717) is 28.5 Å². The number of nitrogens with zero attached hydrogens (tertiary/aromatic N) is 8. The third-order valence-corrected chi connectivity index (χ3v) is 5.85. The Morgan fingerprint density at radius 3 is 2.55 bits per heavy atom. The normalized spacial score (nSPS) is 10.7. The quantitative estimate of drug-likeness (QED) is 0.260. The molecule has 12 heteroatoms. The molecule has 40 heavy (non-hydrogen) atoms. The molecule has 5 heterocycles. The van der Waals surface area contributed by atoms with Gasteiger partial charge < -0.3 is 15.3 Å². The number of aryl methyl sites for hydroxylation is 1. The van der Waals surface area contributed by atoms with Crippen molar-refractivity contribution in [3.05, 3.63) is 85.1 Å². The lowest BCUT2D eigenvalue weighted by molar-refractivity contribution is -0.115. The number of amides is 1. The maximum absolute atomic E-state index is 12.6. The van der Waals surface area contributed by atoms with Crippen LogP contribution in [0.2, 0.25) is 0 Å². The monoisotopic (exact) mass is 533 g/mol. The van der Waals surface area contributed by atoms with Gasteiger partial charge in [0.05, 0.1) is 17.8 Å². The number of benzene rings is 1. The van der Waals surface area contributed by atoms with Gasteiger partial charge in [-0.1, -0.05) is 0 Å². The van der Waals surface area contributed by atoms with Crippen LogP contribution in [-0.2, 0) is 11.2 Å². The Bertz CT molecular complexity index is 1730. The number of nitrogens with one attached hydrogen (secondary N) is 3. The highest BCUT2D eigenvalue weighted by Gasteiger charge is 2.13. The molecule has 0 saturated carbocycles. The van der Waals surface area contributed by atoms with Crippen LogP contribution in [0.5, 0.6) is 0 Å². The molecule has 0 atom stereocenters. The van der Waals surface area contributed by atoms with Gasteiger partial charge in [-0.15, -0.1) is 0 Å². The van der Waals surface area contributed by atoms with Crippen LogP contribution in [-0.4, -0.2) is 63.8 Å². The van der Waals surface area contributed by atoms with Crippen molar-refractivity contribution >= 4 is 29.5 Å². The number of aliphatic imine (C=N–C) groups is 1. The van der Waals surface area contributed by atoms with Gasteiger partial charge in [0.2, 0.25) is 5.91 Å². The minimum Gasteiger partial charge on any atom is -0.334 e. The van der Waals surface area contributed by atoms with Crippen molar-refractivity contribution in [1.29, 1.82) is 0 Å². The predicted molar refractivity (Wildman–Crippen MR) is 153 cm³/mol. The summed E-state index contributed by atoms with van der Waals surface area (Å²) in [6.07, 6.45) is 8.67. The van der Waals surface area contributed by atoms with Gasteiger partial charge in [0.1, 0.15) is 24.0 Å². The number of carbonyl (C=O) groups excluding carboxylic acids is 1. The van der Waals surface area contributed by atoms with Gasteiger partial charge in [0.15, 0.2) is 11.5 Å². The van der Waals surface area contributed by atoms with E-state index >= 15 is 0 Å². The summed E-state index contributed by atoms with van der Waals surface area (Å²) in [5, 5.41) is 10.1. The van der Waals surface area contributed by atoms with Crippen LogP contribution in [0.3, 0.4) is 0 Å². The fourth-order valence-electron chi connectivity index (χ4n) is 3.90. The van der Waals surface area contributed by atoms with Crippen molar-refractivity contribution in [2.45, 2.75) is 20.3 Å². The largest absolute Gasteiger partial charge is 0.334 e. The first kappa shape index (κ1) is 26.1. The molecule has 0 bridgehead atoms. The van der Waals surface area contributed by atoms with Crippen molar-refractivity contribution in [1.82, 2.24) is 44.7 Å². The van der Waals surface area contributed by atoms with Crippen LogP contribution in [0.1, 0.15) is 18.3 Å². The van der Waals surface area contributed by atoms with Gasteiger partial charge in [-0.3, -0.25) is 19.4 Å². The lowest BCUT2D eigenvalue weighted by Crippen LogP contribution is -2.14. The second kappa shape index (κ2) is 11.9. The van der Waals surface area contributed by atoms with E-state index in [1.807, 2.05) is 67.1 Å². The summed E-state index contributed by atoms with van der Waals surface area (Å²) in [6, 6.07) is 13.1. The van der Waals surface area contributed by atoms with E-state index < -0.39 is 0 Å². The van der Waals surface area contributed by atoms with E-state index in [-0.39, 0.29) is 12.3 Å². The van der Waals surface area contributed by atoms with E-state index in [1.54, 1.807) is 18.7 Å². The molecule has 0 radical (unpaired) electrons. The smallest absolute Gasteiger partial charge is 0.230 e. The van der Waals surface area contributed by atoms with E-state index in [1.165, 1.54) is 6.33 Å². The number of rotatable bonds is 7. The molecule has 6 aromatic rings. The minimum atomic E-state index is -0.146. The zero-order valence-electron chi connectivity index (χ0n) is 22.0. The average Bonchev–Trinajstić information content (AvgIpc) is 3.74. The third kappa shape index (κ3) is 5.96. The summed E-state index contributed by atoms with van der Waals surface area (Å²) in [5.74, 6) is 1.18. The number of pyridine rings is 1. The third-order valence-electron chi connectivity index (χ3n) is 5.85. The molecular formula is C28H27N11O. The first-order valence-electron chi connectivity index (χ1n) is 12.5. The molecule has 0 unspecified atom stereocenters. The molecule has 12 nitrogen and oxygen atoms in total. The predicted octanol–water partition coefficient (Wildman–Crippen LogP) is 4.19. The van der Waals surface area contributed by atoms with Crippen LogP contribution in [0.4, 0.5) is 5.69 Å². The maximum Gasteiger partial charge on any atom is 0.230 e. The van der Waals surface area contributed by atoms with Crippen molar-refractivity contribution in [3.8, 4) is 28.5 Å². The molecule has 1 amide bonds. The number of imidazole rings is 2. The van der Waals surface area contributed by atoms with Crippen molar-refractivity contribution in [2.75, 3.05) is 11.9 Å². The number of carbonyl (C=O) groups is 1. The number of hydrogen-bond acceptors (Lipinski definition) is 8. The van der Waals surface area contributed by atoms with Crippen LogP contribution < -0.4 is 5.32 Å². The second-order valence-corrected chi connectivity index (χ2v) is 8.76. The Labute approximate surface area is 229 Å². The minimum absolute atomic E-state index is 0.146. The van der Waals surface area contributed by atoms with Gasteiger partial charge in [0, 0.05) is 47.6 Å². The van der Waals surface area contributed by atoms with E-state index in [4.69, 9.17) is 0 Å². The highest BCUT2D eigenvalue weighted by Crippen LogP contribution is 2.24. The summed E-state index contributed by atoms with van der Waals surface area (Å²) in [5.41, 5.74) is 6.14. The Morgan fingerprint density at radius 1 is 1.07 bits per heavy atom. The highest BCUT2D eigenvalue weighted by molar-refractivity contribution is 5.92. The molecule has 3 N–H and O–H groups in total. The average molecular weight is 534 g/mol. The van der Waals surface area contributed by atoms with E-state index in [9.17, 15) is 4.79 Å². The molecule has 0 aliphatic rings. The summed E-state index contributed by atoms with van der Waals surface area (Å²) >= 11 is 0. The van der Waals surface area contributed by atoms with Crippen LogP contribution in [0.25, 0.3) is 39.6 Å². The number of hydrogen-bond donors (Lipinski definition) is 3. The number of aromatic amines is 2. The first-order chi connectivity index (χ1) is 19.5. The number of H-pyrrole nitrogens is 2. The SMILES string of the molecule is C=NCC.Cc1cn(-c2ncnc3nc(-c4ccc(NC(=O)Cc5cc(-c6ccncc6)n[nH]5)cc4)[nH]c23)cn1. The number of anilines is 1. The van der Waals surface area contributed by atoms with Gasteiger partial charge in [0.25, 0.3) is 0 Å². The number of fused-ring (bicyclic) bond motifs is 1. The van der Waals surface area contributed by atoms with Crippen LogP contribution in [0.15, 0.2) is 78.7 Å². The van der Waals surface area contributed by atoms with Crippen LogP contribution >= 0.6 is 0 Å². The zero-order chi connectivity index (χ0) is 27.9. The summed E-state index contributed by atoms with van der Waals surface area (Å²) in [4.78, 5) is 40.9. The Morgan fingerprint density at radius 2 is 1.85 bits per heavy atom. The lowest BCUT2D eigenvalue weighted by Gasteiger charge is -2.05. The molecule has 0 saturated heterocycles. The molecule has 0 aliphatic carbocycles. The zero-order valence-corrected chi connectivity index (χ0v) is 22.0. The van der Waals surface area contributed by atoms with Crippen molar-refractivity contribution in [2.24, 2.45) is 4.99 Å². The second-order valence-electron chi connectivity index (χ2n) is 8.76. The molecule has 0 spiro atoms. The molecular weight excluding hydrogens is 506 g/mol. The molecule has 5 aromatic heterocycles. The topological polar surface area (TPSA) is 155 Å². The highest BCUT2D eigenvalue weighted by atomic mass is 16.1. The Hall–Kier alpha value is -5.52. The fraction of sp³-hybridized carbons (Fsp3) is 0.143. The van der Waals surface area contributed by atoms with Gasteiger partial charge in [-0.05, 0) is 63.0 Å². The molecule has 1 aromatic carbocycles. The summed E-state index contributed by atoms with van der Waals surface area (Å²) < 4.78 is 1.83. The Balaban J connectivity index is 0.000000758. The molecule has 0 aliphatic heterocycles. The standard InChI is InChI=1S/C25H20N10O.C3H7N/c1-15-12-35(14-29-15)25-22-24(27-13-28-25)32-23(31-22)17-2-4-18(5-3-17)30-21(36)11-19-10-20(34-33-19)16-6-8-26-9-7-16;1-3-4-2/h2-10,12-14H,11H2,1H3,(H,30,36)(H,33,34)(H,27,28,31,32);2-3H2,1H3. The summed E-state index contributed by atoms with van der Waals surface area (Å²) in [7, 11) is 0. The fourth-order valence-corrected chi connectivity index (χ4v) is 3.90. The van der Waals surface area contributed by atoms with E-state index in [0.717, 1.165) is 34.8 Å². The molecule has 200 valence electrons. The van der Waals surface area contributed by atoms with E-state index in [2.05, 4.69) is 57.1 Å². The van der Waals surface area contributed by atoms with Gasteiger partial charge in [-0.2, -0.15) is 5.10 Å². The number of aromatic nitrogens is 9. The van der Waals surface area contributed by atoms with Crippen molar-refractivity contribution in [3.63, 3.8) is 0 Å². The lowest BCUT2D eigenvalue weighted by atomic mass is 10.1. The van der Waals surface area contributed by atoms with Gasteiger partial charge >= 0.3 is 0 Å². The van der Waals surface area contributed by atoms with Crippen molar-refractivity contribution < 1.29 is 4.79 Å². The summed E-state index contributed by atoms with van der Waals surface area (Å²) in [6.45, 7) is 7.93. The Kier molecular flexibility index (Phi) is 7.77. The molecule has 6 rings (SSSR count). The maximum atomic E-state index is 12.6. The van der Waals surface area contributed by atoms with Crippen LogP contribution in [0, 0.1) is 6.92 Å².